The standard InChI is InChI=1S/C20H17ClN4O2S/c21-16-10-22-17(28-16)5-6-18(26)25-8-7-13-19(24-11-23-13)20(25)15-9-12-3-1-2-4-14(12)27-15/h1-4,9-11,20H,5-8H2,(H,23,24)/t20-/m0/s1. The number of nitrogens with one attached hydrogen (secondary N) is 1. The van der Waals surface area contributed by atoms with Crippen LogP contribution in [-0.2, 0) is 17.6 Å². The summed E-state index contributed by atoms with van der Waals surface area (Å²) >= 11 is 7.36. The first-order valence-corrected chi connectivity index (χ1v) is 10.3. The molecule has 1 aliphatic rings. The number of furan rings is 1. The lowest BCUT2D eigenvalue weighted by Crippen LogP contribution is -2.40. The quantitative estimate of drug-likeness (QED) is 0.540. The summed E-state index contributed by atoms with van der Waals surface area (Å²) in [6.45, 7) is 0.619. The molecule has 6 nitrogen and oxygen atoms in total. The average Bonchev–Trinajstić information content (AvgIpc) is 3.43. The van der Waals surface area contributed by atoms with Gasteiger partial charge in [-0.1, -0.05) is 29.8 Å². The van der Waals surface area contributed by atoms with Gasteiger partial charge >= 0.3 is 0 Å². The molecule has 28 heavy (non-hydrogen) atoms. The lowest BCUT2D eigenvalue weighted by Gasteiger charge is -2.33. The van der Waals surface area contributed by atoms with Gasteiger partial charge in [-0.3, -0.25) is 4.79 Å². The molecule has 0 aliphatic carbocycles. The normalized spacial score (nSPS) is 16.5. The number of para-hydroxylation sites is 1. The van der Waals surface area contributed by atoms with E-state index in [1.807, 2.05) is 35.2 Å². The number of hydrogen-bond acceptors (Lipinski definition) is 5. The Hall–Kier alpha value is -2.64. The van der Waals surface area contributed by atoms with Crippen LogP contribution in [0, 0.1) is 0 Å². The number of aromatic nitrogens is 3. The summed E-state index contributed by atoms with van der Waals surface area (Å²) in [7, 11) is 0. The Labute approximate surface area is 170 Å². The van der Waals surface area contributed by atoms with E-state index < -0.39 is 0 Å². The fourth-order valence-corrected chi connectivity index (χ4v) is 4.69. The zero-order valence-electron chi connectivity index (χ0n) is 14.9. The molecule has 8 heteroatoms. The van der Waals surface area contributed by atoms with Crippen LogP contribution in [0.4, 0.5) is 0 Å². The highest BCUT2D eigenvalue weighted by Crippen LogP contribution is 2.36. The van der Waals surface area contributed by atoms with Gasteiger partial charge in [0.25, 0.3) is 0 Å². The molecule has 5 rings (SSSR count). The van der Waals surface area contributed by atoms with Crippen molar-refractivity contribution in [1.82, 2.24) is 19.9 Å². The van der Waals surface area contributed by atoms with Crippen molar-refractivity contribution >= 4 is 39.8 Å². The molecule has 0 radical (unpaired) electrons. The largest absolute Gasteiger partial charge is 0.458 e. The summed E-state index contributed by atoms with van der Waals surface area (Å²) in [6, 6.07) is 9.54. The number of hydrogen-bond donors (Lipinski definition) is 1. The van der Waals surface area contributed by atoms with Crippen molar-refractivity contribution in [2.45, 2.75) is 25.3 Å². The zero-order chi connectivity index (χ0) is 19.1. The van der Waals surface area contributed by atoms with E-state index in [-0.39, 0.29) is 11.9 Å². The van der Waals surface area contributed by atoms with Crippen LogP contribution in [-0.4, -0.2) is 32.3 Å². The molecule has 0 saturated carbocycles. The maximum Gasteiger partial charge on any atom is 0.223 e. The molecule has 0 fully saturated rings. The number of halogens is 1. The molecular formula is C20H17ClN4O2S. The van der Waals surface area contributed by atoms with Gasteiger partial charge in [-0.15, -0.1) is 11.3 Å². The Morgan fingerprint density at radius 3 is 3.07 bits per heavy atom. The fraction of sp³-hybridized carbons (Fsp3) is 0.250. The van der Waals surface area contributed by atoms with Crippen LogP contribution in [0.5, 0.6) is 0 Å². The Balaban J connectivity index is 1.46. The van der Waals surface area contributed by atoms with Crippen molar-refractivity contribution in [2.75, 3.05) is 6.54 Å². The van der Waals surface area contributed by atoms with Crippen LogP contribution in [0.25, 0.3) is 11.0 Å². The van der Waals surface area contributed by atoms with Gasteiger partial charge in [0.2, 0.25) is 5.91 Å². The van der Waals surface area contributed by atoms with Gasteiger partial charge in [-0.25, -0.2) is 9.97 Å². The third-order valence-corrected chi connectivity index (χ3v) is 6.21. The predicted molar refractivity (Wildman–Crippen MR) is 108 cm³/mol. The minimum atomic E-state index is -0.324. The van der Waals surface area contributed by atoms with Crippen molar-refractivity contribution in [3.05, 3.63) is 69.3 Å². The first-order chi connectivity index (χ1) is 13.7. The monoisotopic (exact) mass is 412 g/mol. The zero-order valence-corrected chi connectivity index (χ0v) is 16.5. The fourth-order valence-electron chi connectivity index (χ4n) is 3.73. The minimum Gasteiger partial charge on any atom is -0.458 e. The molecule has 0 saturated heterocycles. The van der Waals surface area contributed by atoms with E-state index in [4.69, 9.17) is 16.0 Å². The second-order valence-corrected chi connectivity index (χ2v) is 8.50. The van der Waals surface area contributed by atoms with Crippen molar-refractivity contribution in [3.63, 3.8) is 0 Å². The predicted octanol–water partition coefficient (Wildman–Crippen LogP) is 4.37. The molecule has 1 amide bonds. The van der Waals surface area contributed by atoms with E-state index in [0.717, 1.165) is 39.5 Å². The summed E-state index contributed by atoms with van der Waals surface area (Å²) < 4.78 is 6.75. The number of carbonyl (C=O) groups excluding carboxylic acids is 1. The third kappa shape index (κ3) is 3.10. The maximum atomic E-state index is 13.1. The van der Waals surface area contributed by atoms with Crippen LogP contribution in [0.1, 0.15) is 34.6 Å². The number of aryl methyl sites for hydroxylation is 1. The van der Waals surface area contributed by atoms with Crippen LogP contribution in [0.2, 0.25) is 4.34 Å². The SMILES string of the molecule is O=C(CCc1ncc(Cl)s1)N1CCc2[nH]cnc2[C@@H]1c1cc2ccccc2o1. The molecule has 142 valence electrons. The Bertz CT molecular complexity index is 1110. The van der Waals surface area contributed by atoms with Gasteiger partial charge in [0.15, 0.2) is 0 Å². The van der Waals surface area contributed by atoms with E-state index in [1.165, 1.54) is 11.3 Å². The van der Waals surface area contributed by atoms with Gasteiger partial charge in [0.05, 0.1) is 23.2 Å². The van der Waals surface area contributed by atoms with Crippen LogP contribution in [0.3, 0.4) is 0 Å². The first-order valence-electron chi connectivity index (χ1n) is 9.09. The Kier molecular flexibility index (Phi) is 4.41. The van der Waals surface area contributed by atoms with Gasteiger partial charge in [0, 0.05) is 36.9 Å². The molecule has 0 bridgehead atoms. The summed E-state index contributed by atoms with van der Waals surface area (Å²) in [5.41, 5.74) is 2.72. The van der Waals surface area contributed by atoms with Gasteiger partial charge < -0.3 is 14.3 Å². The van der Waals surface area contributed by atoms with Gasteiger partial charge in [0.1, 0.15) is 21.7 Å². The van der Waals surface area contributed by atoms with Crippen molar-refractivity contribution in [1.29, 1.82) is 0 Å². The average molecular weight is 413 g/mol. The number of aromatic amines is 1. The van der Waals surface area contributed by atoms with E-state index in [9.17, 15) is 4.79 Å². The molecule has 0 unspecified atom stereocenters. The summed E-state index contributed by atoms with van der Waals surface area (Å²) in [5, 5.41) is 1.89. The summed E-state index contributed by atoms with van der Waals surface area (Å²) in [6.07, 6.45) is 5.01. The number of thiazole rings is 1. The number of fused-ring (bicyclic) bond motifs is 2. The summed E-state index contributed by atoms with van der Waals surface area (Å²) in [4.78, 5) is 26.9. The minimum absolute atomic E-state index is 0.0606. The summed E-state index contributed by atoms with van der Waals surface area (Å²) in [5.74, 6) is 0.797. The number of amides is 1. The molecule has 1 atom stereocenters. The highest BCUT2D eigenvalue weighted by molar-refractivity contribution is 7.15. The van der Waals surface area contributed by atoms with Crippen LogP contribution >= 0.6 is 22.9 Å². The Morgan fingerprint density at radius 2 is 2.25 bits per heavy atom. The number of H-pyrrole nitrogens is 1. The third-order valence-electron chi connectivity index (χ3n) is 5.04. The number of carbonyl (C=O) groups is 1. The number of rotatable bonds is 4. The lowest BCUT2D eigenvalue weighted by atomic mass is 9.99. The van der Waals surface area contributed by atoms with Crippen molar-refractivity contribution in [3.8, 4) is 0 Å². The smallest absolute Gasteiger partial charge is 0.223 e. The van der Waals surface area contributed by atoms with Crippen LogP contribution < -0.4 is 0 Å². The molecule has 4 heterocycles. The molecule has 1 N–H and O–H groups in total. The maximum absolute atomic E-state index is 13.1. The molecule has 3 aromatic heterocycles. The highest BCUT2D eigenvalue weighted by atomic mass is 35.5. The Morgan fingerprint density at radius 1 is 1.36 bits per heavy atom. The van der Waals surface area contributed by atoms with Crippen LogP contribution in [0.15, 0.2) is 47.3 Å². The second kappa shape index (κ2) is 7.07. The lowest BCUT2D eigenvalue weighted by molar-refractivity contribution is -0.133. The number of benzene rings is 1. The first kappa shape index (κ1) is 17.5. The molecule has 4 aromatic rings. The number of nitrogens with zero attached hydrogens (tertiary/aromatic N) is 3. The molecular weight excluding hydrogens is 396 g/mol. The molecule has 0 spiro atoms. The van der Waals surface area contributed by atoms with Gasteiger partial charge in [-0.2, -0.15) is 0 Å². The molecule has 1 aromatic carbocycles. The highest BCUT2D eigenvalue weighted by Gasteiger charge is 2.36. The number of imidazole rings is 1. The van der Waals surface area contributed by atoms with Crippen molar-refractivity contribution < 1.29 is 9.21 Å². The second-order valence-electron chi connectivity index (χ2n) is 6.75. The van der Waals surface area contributed by atoms with Crippen molar-refractivity contribution in [2.24, 2.45) is 0 Å². The van der Waals surface area contributed by atoms with E-state index in [0.29, 0.717) is 23.7 Å². The topological polar surface area (TPSA) is 75.0 Å². The van der Waals surface area contributed by atoms with Gasteiger partial charge in [-0.05, 0) is 12.1 Å². The van der Waals surface area contributed by atoms with E-state index in [2.05, 4.69) is 15.0 Å². The van der Waals surface area contributed by atoms with E-state index in [1.54, 1.807) is 12.5 Å². The molecule has 1 aliphatic heterocycles. The van der Waals surface area contributed by atoms with E-state index >= 15 is 0 Å².